The Hall–Kier alpha value is -1.78. The van der Waals surface area contributed by atoms with Gasteiger partial charge in [-0.3, -0.25) is 0 Å². The molecule has 0 aromatic rings. The SMILES string of the molecule is O=C1/C=C/C=C/C[C@@H]2C[C@@H](CCCCCCCCCCO1)OC(=O)O2. The van der Waals surface area contributed by atoms with E-state index in [9.17, 15) is 9.59 Å². The second-order valence-electron chi connectivity index (χ2n) is 6.77. The monoisotopic (exact) mass is 350 g/mol. The zero-order valence-electron chi connectivity index (χ0n) is 15.0. The zero-order valence-corrected chi connectivity index (χ0v) is 15.0. The van der Waals surface area contributed by atoms with Gasteiger partial charge in [0.15, 0.2) is 0 Å². The van der Waals surface area contributed by atoms with Crippen molar-refractivity contribution in [1.82, 2.24) is 0 Å². The van der Waals surface area contributed by atoms with E-state index in [2.05, 4.69) is 0 Å². The first-order valence-electron chi connectivity index (χ1n) is 9.61. The van der Waals surface area contributed by atoms with Gasteiger partial charge in [0.1, 0.15) is 12.2 Å². The number of hydrogen-bond acceptors (Lipinski definition) is 5. The molecule has 25 heavy (non-hydrogen) atoms. The molecular weight excluding hydrogens is 320 g/mol. The van der Waals surface area contributed by atoms with Crippen LogP contribution in [0.3, 0.4) is 0 Å². The fourth-order valence-corrected chi connectivity index (χ4v) is 3.21. The Morgan fingerprint density at radius 3 is 2.28 bits per heavy atom. The van der Waals surface area contributed by atoms with Gasteiger partial charge in [0.2, 0.25) is 0 Å². The van der Waals surface area contributed by atoms with E-state index >= 15 is 0 Å². The molecule has 1 fully saturated rings. The molecule has 1 saturated heterocycles. The van der Waals surface area contributed by atoms with E-state index in [1.165, 1.54) is 38.2 Å². The summed E-state index contributed by atoms with van der Waals surface area (Å²) in [6.07, 6.45) is 17.5. The van der Waals surface area contributed by atoms with Gasteiger partial charge in [0.25, 0.3) is 0 Å². The van der Waals surface area contributed by atoms with Crippen molar-refractivity contribution < 1.29 is 23.8 Å². The zero-order chi connectivity index (χ0) is 17.7. The van der Waals surface area contributed by atoms with Gasteiger partial charge in [-0.25, -0.2) is 9.59 Å². The predicted molar refractivity (Wildman–Crippen MR) is 95.2 cm³/mol. The average Bonchev–Trinajstić information content (AvgIpc) is 2.58. The fraction of sp³-hybridized carbons (Fsp3) is 0.700. The lowest BCUT2D eigenvalue weighted by Crippen LogP contribution is -2.34. The normalized spacial score (nSPS) is 30.2. The van der Waals surface area contributed by atoms with Crippen LogP contribution >= 0.6 is 0 Å². The summed E-state index contributed by atoms with van der Waals surface area (Å²) in [6.45, 7) is 0.492. The molecule has 0 saturated carbocycles. The number of allylic oxidation sites excluding steroid dienone is 2. The smallest absolute Gasteiger partial charge is 0.463 e. The molecule has 0 aromatic heterocycles. The third kappa shape index (κ3) is 8.75. The van der Waals surface area contributed by atoms with Crippen molar-refractivity contribution in [3.63, 3.8) is 0 Å². The van der Waals surface area contributed by atoms with Gasteiger partial charge in [-0.15, -0.1) is 0 Å². The third-order valence-corrected chi connectivity index (χ3v) is 4.59. The number of fused-ring (bicyclic) bond motifs is 2. The minimum Gasteiger partial charge on any atom is -0.463 e. The van der Waals surface area contributed by atoms with Gasteiger partial charge in [0, 0.05) is 18.9 Å². The summed E-state index contributed by atoms with van der Waals surface area (Å²) in [7, 11) is 0. The van der Waals surface area contributed by atoms with Crippen LogP contribution in [0.15, 0.2) is 24.3 Å². The van der Waals surface area contributed by atoms with Crippen molar-refractivity contribution >= 4 is 12.1 Å². The van der Waals surface area contributed by atoms with Crippen LogP contribution < -0.4 is 0 Å². The topological polar surface area (TPSA) is 61.8 Å². The van der Waals surface area contributed by atoms with E-state index in [4.69, 9.17) is 14.2 Å². The predicted octanol–water partition coefficient (Wildman–Crippen LogP) is 4.85. The van der Waals surface area contributed by atoms with Crippen LogP contribution in [-0.2, 0) is 19.0 Å². The van der Waals surface area contributed by atoms with Crippen LogP contribution in [0.4, 0.5) is 4.79 Å². The molecule has 2 heterocycles. The van der Waals surface area contributed by atoms with Gasteiger partial charge in [-0.05, 0) is 19.3 Å². The molecule has 2 atom stereocenters. The highest BCUT2D eigenvalue weighted by molar-refractivity contribution is 5.82. The summed E-state index contributed by atoms with van der Waals surface area (Å²) in [4.78, 5) is 23.1. The lowest BCUT2D eigenvalue weighted by molar-refractivity contribution is -0.137. The standard InChI is InChI=1S/C20H30O5/c21-19-14-10-7-9-13-18-16-17(24-20(22)25-18)12-8-5-3-1-2-4-6-11-15-23-19/h7,9-10,14,17-18H,1-6,8,11-13,15-16H2/b9-7+,14-10+/t17-,18-/m1/s1. The Kier molecular flexibility index (Phi) is 9.16. The van der Waals surface area contributed by atoms with Gasteiger partial charge in [-0.1, -0.05) is 56.8 Å². The highest BCUT2D eigenvalue weighted by Gasteiger charge is 2.28. The van der Waals surface area contributed by atoms with E-state index in [-0.39, 0.29) is 18.2 Å². The molecule has 5 nitrogen and oxygen atoms in total. The Labute approximate surface area is 150 Å². The molecule has 2 aliphatic rings. The molecule has 5 heteroatoms. The fourth-order valence-electron chi connectivity index (χ4n) is 3.21. The van der Waals surface area contributed by atoms with Crippen molar-refractivity contribution in [1.29, 1.82) is 0 Å². The van der Waals surface area contributed by atoms with Gasteiger partial charge in [-0.2, -0.15) is 0 Å². The third-order valence-electron chi connectivity index (χ3n) is 4.59. The van der Waals surface area contributed by atoms with Crippen LogP contribution in [0.5, 0.6) is 0 Å². The number of rotatable bonds is 0. The van der Waals surface area contributed by atoms with Crippen molar-refractivity contribution in [3.8, 4) is 0 Å². The van der Waals surface area contributed by atoms with E-state index in [1.54, 1.807) is 12.2 Å². The lowest BCUT2D eigenvalue weighted by atomic mass is 10.0. The van der Waals surface area contributed by atoms with E-state index < -0.39 is 6.16 Å². The summed E-state index contributed by atoms with van der Waals surface area (Å²) in [6, 6.07) is 0. The molecule has 0 amide bonds. The summed E-state index contributed by atoms with van der Waals surface area (Å²) in [5, 5.41) is 0. The molecule has 2 bridgehead atoms. The maximum absolute atomic E-state index is 11.6. The molecule has 0 radical (unpaired) electrons. The molecular formula is C20H30O5. The number of hydrogen-bond donors (Lipinski definition) is 0. The quantitative estimate of drug-likeness (QED) is 0.584. The van der Waals surface area contributed by atoms with Crippen LogP contribution in [-0.4, -0.2) is 30.9 Å². The number of cyclic esters (lactones) is 1. The molecule has 0 unspecified atom stereocenters. The molecule has 140 valence electrons. The number of ether oxygens (including phenoxy) is 3. The van der Waals surface area contributed by atoms with Gasteiger partial charge < -0.3 is 14.2 Å². The van der Waals surface area contributed by atoms with Crippen molar-refractivity contribution in [2.24, 2.45) is 0 Å². The summed E-state index contributed by atoms with van der Waals surface area (Å²) in [5.74, 6) is -0.309. The Balaban J connectivity index is 1.84. The first-order chi connectivity index (χ1) is 12.2. The first-order valence-corrected chi connectivity index (χ1v) is 9.61. The first kappa shape index (κ1) is 19.5. The minimum absolute atomic E-state index is 0.0317. The highest BCUT2D eigenvalue weighted by atomic mass is 16.7. The van der Waals surface area contributed by atoms with Crippen molar-refractivity contribution in [2.75, 3.05) is 6.61 Å². The van der Waals surface area contributed by atoms with Crippen LogP contribution in [0.25, 0.3) is 0 Å². The Bertz CT molecular complexity index is 469. The van der Waals surface area contributed by atoms with Gasteiger partial charge >= 0.3 is 12.1 Å². The average molecular weight is 350 g/mol. The highest BCUT2D eigenvalue weighted by Crippen LogP contribution is 2.23. The molecule has 0 spiro atoms. The number of carbonyl (C=O) groups excluding carboxylic acids is 2. The van der Waals surface area contributed by atoms with Gasteiger partial charge in [0.05, 0.1) is 6.61 Å². The van der Waals surface area contributed by atoms with Crippen LogP contribution in [0, 0.1) is 0 Å². The summed E-state index contributed by atoms with van der Waals surface area (Å²) < 4.78 is 15.7. The Morgan fingerprint density at radius 1 is 0.800 bits per heavy atom. The van der Waals surface area contributed by atoms with E-state index in [0.29, 0.717) is 13.0 Å². The number of carbonyl (C=O) groups is 2. The molecule has 2 aliphatic heterocycles. The Morgan fingerprint density at radius 2 is 1.48 bits per heavy atom. The van der Waals surface area contributed by atoms with Crippen molar-refractivity contribution in [2.45, 2.75) is 82.8 Å². The maximum atomic E-state index is 11.6. The minimum atomic E-state index is -0.559. The van der Waals surface area contributed by atoms with E-state index in [0.717, 1.165) is 32.1 Å². The van der Waals surface area contributed by atoms with Crippen molar-refractivity contribution in [3.05, 3.63) is 24.3 Å². The summed E-state index contributed by atoms with van der Waals surface area (Å²) in [5.41, 5.74) is 0. The molecule has 0 N–H and O–H groups in total. The second-order valence-corrected chi connectivity index (χ2v) is 6.77. The van der Waals surface area contributed by atoms with Crippen LogP contribution in [0.1, 0.15) is 70.6 Å². The summed E-state index contributed by atoms with van der Waals surface area (Å²) >= 11 is 0. The second kappa shape index (κ2) is 11.7. The molecule has 0 aromatic carbocycles. The van der Waals surface area contributed by atoms with Crippen LogP contribution in [0.2, 0.25) is 0 Å². The largest absolute Gasteiger partial charge is 0.508 e. The maximum Gasteiger partial charge on any atom is 0.508 e. The number of esters is 1. The molecule has 0 aliphatic carbocycles. The molecule has 2 rings (SSSR count). The lowest BCUT2D eigenvalue weighted by Gasteiger charge is -2.28. The van der Waals surface area contributed by atoms with E-state index in [1.807, 2.05) is 6.08 Å².